The highest BCUT2D eigenvalue weighted by molar-refractivity contribution is 9.10. The van der Waals surface area contributed by atoms with Gasteiger partial charge in [0.25, 0.3) is 10.0 Å². The smallest absolute Gasteiger partial charge is 0.264 e. The Morgan fingerprint density at radius 1 is 1.00 bits per heavy atom. The van der Waals surface area contributed by atoms with Crippen molar-refractivity contribution in [3.05, 3.63) is 94.5 Å². The number of benzene rings is 3. The highest BCUT2D eigenvalue weighted by atomic mass is 79.9. The Labute approximate surface area is 192 Å². The van der Waals surface area contributed by atoms with Crippen molar-refractivity contribution in [3.63, 3.8) is 0 Å². The van der Waals surface area contributed by atoms with E-state index in [-0.39, 0.29) is 23.3 Å². The van der Waals surface area contributed by atoms with Crippen LogP contribution in [0.5, 0.6) is 0 Å². The second kappa shape index (κ2) is 10.1. The lowest BCUT2D eigenvalue weighted by Crippen LogP contribution is -2.41. The molecule has 0 saturated carbocycles. The van der Waals surface area contributed by atoms with Crippen molar-refractivity contribution in [1.82, 2.24) is 5.32 Å². The molecule has 3 aromatic rings. The molecule has 0 aliphatic heterocycles. The molecule has 3 rings (SSSR count). The number of amides is 1. The highest BCUT2D eigenvalue weighted by Crippen LogP contribution is 2.26. The van der Waals surface area contributed by atoms with Crippen LogP contribution in [-0.4, -0.2) is 27.4 Å². The fourth-order valence-electron chi connectivity index (χ4n) is 3.14. The average Bonchev–Trinajstić information content (AvgIpc) is 2.76. The Hall–Kier alpha value is -2.64. The molecule has 1 N–H and O–H groups in total. The molecule has 0 unspecified atom stereocenters. The molecule has 0 bridgehead atoms. The number of carbonyl (C=O) groups excluding carboxylic acids is 1. The Morgan fingerprint density at radius 2 is 1.68 bits per heavy atom. The molecule has 0 aliphatic rings. The van der Waals surface area contributed by atoms with Crippen LogP contribution in [0.25, 0.3) is 0 Å². The minimum atomic E-state index is -3.92. The highest BCUT2D eigenvalue weighted by Gasteiger charge is 2.27. The lowest BCUT2D eigenvalue weighted by molar-refractivity contribution is -0.119. The maximum absolute atomic E-state index is 13.4. The number of anilines is 1. The first-order chi connectivity index (χ1) is 14.8. The molecular formula is C24H25BrN2O3S. The Bertz CT molecular complexity index is 1130. The Morgan fingerprint density at radius 3 is 2.32 bits per heavy atom. The molecule has 31 heavy (non-hydrogen) atoms. The van der Waals surface area contributed by atoms with Gasteiger partial charge in [0.15, 0.2) is 0 Å². The van der Waals surface area contributed by atoms with E-state index in [1.807, 2.05) is 50.2 Å². The first-order valence-electron chi connectivity index (χ1n) is 9.94. The van der Waals surface area contributed by atoms with Crippen LogP contribution in [0.3, 0.4) is 0 Å². The standard InChI is InChI=1S/C24H25BrN2O3S/c1-18-11-13-23(14-12-18)31(29,30)27(22-10-6-9-21(25)15-22)17-24(28)26-16-19(2)20-7-4-3-5-8-20/h3-15,19H,16-17H2,1-2H3,(H,26,28)/t19-/m1/s1. The maximum Gasteiger partial charge on any atom is 0.264 e. The summed E-state index contributed by atoms with van der Waals surface area (Å²) >= 11 is 3.38. The van der Waals surface area contributed by atoms with E-state index in [0.717, 1.165) is 19.9 Å². The molecule has 1 amide bonds. The molecule has 0 saturated heterocycles. The van der Waals surface area contributed by atoms with Gasteiger partial charge >= 0.3 is 0 Å². The van der Waals surface area contributed by atoms with E-state index in [9.17, 15) is 13.2 Å². The lowest BCUT2D eigenvalue weighted by Gasteiger charge is -2.25. The number of halogens is 1. The number of rotatable bonds is 8. The quantitative estimate of drug-likeness (QED) is 0.479. The monoisotopic (exact) mass is 500 g/mol. The summed E-state index contributed by atoms with van der Waals surface area (Å²) in [6, 6.07) is 23.4. The van der Waals surface area contributed by atoms with E-state index in [1.165, 1.54) is 0 Å². The molecular weight excluding hydrogens is 476 g/mol. The molecule has 5 nitrogen and oxygen atoms in total. The van der Waals surface area contributed by atoms with E-state index in [1.54, 1.807) is 42.5 Å². The molecule has 7 heteroatoms. The van der Waals surface area contributed by atoms with Crippen molar-refractivity contribution in [2.75, 3.05) is 17.4 Å². The van der Waals surface area contributed by atoms with E-state index < -0.39 is 10.0 Å². The largest absolute Gasteiger partial charge is 0.354 e. The summed E-state index contributed by atoms with van der Waals surface area (Å²) in [6.07, 6.45) is 0. The summed E-state index contributed by atoms with van der Waals surface area (Å²) < 4.78 is 28.6. The minimum Gasteiger partial charge on any atom is -0.354 e. The minimum absolute atomic E-state index is 0.109. The second-order valence-corrected chi connectivity index (χ2v) is 10.2. The van der Waals surface area contributed by atoms with Crippen LogP contribution in [0.2, 0.25) is 0 Å². The number of hydrogen-bond acceptors (Lipinski definition) is 3. The van der Waals surface area contributed by atoms with Crippen LogP contribution in [-0.2, 0) is 14.8 Å². The summed E-state index contributed by atoms with van der Waals surface area (Å²) in [5, 5.41) is 2.87. The zero-order valence-electron chi connectivity index (χ0n) is 17.5. The van der Waals surface area contributed by atoms with Gasteiger partial charge in [-0.2, -0.15) is 0 Å². The fourth-order valence-corrected chi connectivity index (χ4v) is 4.94. The van der Waals surface area contributed by atoms with Crippen molar-refractivity contribution in [2.24, 2.45) is 0 Å². The van der Waals surface area contributed by atoms with Gasteiger partial charge in [0.2, 0.25) is 5.91 Å². The summed E-state index contributed by atoms with van der Waals surface area (Å²) in [5.41, 5.74) is 2.49. The first-order valence-corrected chi connectivity index (χ1v) is 12.2. The molecule has 0 radical (unpaired) electrons. The average molecular weight is 501 g/mol. The van der Waals surface area contributed by atoms with E-state index in [0.29, 0.717) is 12.2 Å². The third kappa shape index (κ3) is 5.95. The van der Waals surface area contributed by atoms with Gasteiger partial charge in [-0.3, -0.25) is 9.10 Å². The maximum atomic E-state index is 13.4. The predicted molar refractivity (Wildman–Crippen MR) is 128 cm³/mol. The van der Waals surface area contributed by atoms with Gasteiger partial charge < -0.3 is 5.32 Å². The lowest BCUT2D eigenvalue weighted by atomic mass is 10.0. The van der Waals surface area contributed by atoms with Crippen LogP contribution in [0.1, 0.15) is 24.0 Å². The molecule has 162 valence electrons. The molecule has 0 spiro atoms. The van der Waals surface area contributed by atoms with Gasteiger partial charge in [-0.15, -0.1) is 0 Å². The third-order valence-corrected chi connectivity index (χ3v) is 7.25. The number of hydrogen-bond donors (Lipinski definition) is 1. The first kappa shape index (κ1) is 23.0. The predicted octanol–water partition coefficient (Wildman–Crippen LogP) is 4.87. The molecule has 0 aromatic heterocycles. The fraction of sp³-hybridized carbons (Fsp3) is 0.208. The molecule has 0 aliphatic carbocycles. The topological polar surface area (TPSA) is 66.5 Å². The zero-order chi connectivity index (χ0) is 22.4. The Balaban J connectivity index is 1.81. The van der Waals surface area contributed by atoms with E-state index >= 15 is 0 Å². The van der Waals surface area contributed by atoms with Crippen molar-refractivity contribution in [3.8, 4) is 0 Å². The number of sulfonamides is 1. The van der Waals surface area contributed by atoms with Gasteiger partial charge in [0.1, 0.15) is 6.54 Å². The molecule has 0 heterocycles. The number of carbonyl (C=O) groups is 1. The van der Waals surface area contributed by atoms with Gasteiger partial charge in [0.05, 0.1) is 10.6 Å². The van der Waals surface area contributed by atoms with Crippen molar-refractivity contribution in [2.45, 2.75) is 24.7 Å². The van der Waals surface area contributed by atoms with Crippen LogP contribution in [0, 0.1) is 6.92 Å². The molecule has 3 aromatic carbocycles. The van der Waals surface area contributed by atoms with Gasteiger partial charge in [-0.05, 0) is 48.7 Å². The normalized spacial score (nSPS) is 12.2. The number of nitrogens with one attached hydrogen (secondary N) is 1. The zero-order valence-corrected chi connectivity index (χ0v) is 19.9. The number of aryl methyl sites for hydroxylation is 1. The summed E-state index contributed by atoms with van der Waals surface area (Å²) in [4.78, 5) is 12.9. The Kier molecular flexibility index (Phi) is 7.51. The van der Waals surface area contributed by atoms with E-state index in [4.69, 9.17) is 0 Å². The number of nitrogens with zero attached hydrogens (tertiary/aromatic N) is 1. The van der Waals surface area contributed by atoms with Crippen LogP contribution < -0.4 is 9.62 Å². The molecule has 1 atom stereocenters. The third-order valence-electron chi connectivity index (χ3n) is 4.97. The van der Waals surface area contributed by atoms with Crippen LogP contribution in [0.4, 0.5) is 5.69 Å². The second-order valence-electron chi connectivity index (χ2n) is 7.42. The van der Waals surface area contributed by atoms with Gasteiger partial charge in [0, 0.05) is 11.0 Å². The van der Waals surface area contributed by atoms with Crippen LogP contribution >= 0.6 is 15.9 Å². The summed E-state index contributed by atoms with van der Waals surface area (Å²) in [7, 11) is -3.92. The summed E-state index contributed by atoms with van der Waals surface area (Å²) in [6.45, 7) is 4.02. The van der Waals surface area contributed by atoms with Crippen LogP contribution in [0.15, 0.2) is 88.2 Å². The van der Waals surface area contributed by atoms with Gasteiger partial charge in [-0.1, -0.05) is 76.9 Å². The summed E-state index contributed by atoms with van der Waals surface area (Å²) in [5.74, 6) is -0.253. The SMILES string of the molecule is Cc1ccc(S(=O)(=O)N(CC(=O)NC[C@@H](C)c2ccccc2)c2cccc(Br)c2)cc1. The van der Waals surface area contributed by atoms with E-state index in [2.05, 4.69) is 21.2 Å². The molecule has 0 fully saturated rings. The van der Waals surface area contributed by atoms with Crippen molar-refractivity contribution >= 4 is 37.5 Å². The van der Waals surface area contributed by atoms with Gasteiger partial charge in [-0.25, -0.2) is 8.42 Å². The van der Waals surface area contributed by atoms with Crippen molar-refractivity contribution < 1.29 is 13.2 Å². The van der Waals surface area contributed by atoms with Crippen molar-refractivity contribution in [1.29, 1.82) is 0 Å².